The Labute approximate surface area is 139 Å². The van der Waals surface area contributed by atoms with Gasteiger partial charge in [-0.05, 0) is 31.5 Å². The average molecular weight is 334 g/mol. The van der Waals surface area contributed by atoms with E-state index in [1.807, 2.05) is 30.3 Å². The van der Waals surface area contributed by atoms with E-state index in [9.17, 15) is 18.7 Å². The zero-order valence-corrected chi connectivity index (χ0v) is 13.6. The molecule has 0 saturated heterocycles. The topological polar surface area (TPSA) is 52.6 Å². The van der Waals surface area contributed by atoms with Crippen molar-refractivity contribution in [3.05, 3.63) is 65.7 Å². The van der Waals surface area contributed by atoms with Crippen molar-refractivity contribution >= 4 is 11.7 Å². The third-order valence-electron chi connectivity index (χ3n) is 3.20. The minimum Gasteiger partial charge on any atom is -0.389 e. The molecule has 0 bridgehead atoms. The van der Waals surface area contributed by atoms with Crippen LogP contribution in [-0.2, 0) is 6.54 Å². The summed E-state index contributed by atoms with van der Waals surface area (Å²) < 4.78 is 26.5. The summed E-state index contributed by atoms with van der Waals surface area (Å²) >= 11 is 0. The van der Waals surface area contributed by atoms with Gasteiger partial charge in [0.25, 0.3) is 0 Å². The van der Waals surface area contributed by atoms with Gasteiger partial charge in [0.15, 0.2) is 0 Å². The third-order valence-corrected chi connectivity index (χ3v) is 3.20. The lowest BCUT2D eigenvalue weighted by atomic mass is 10.1. The number of benzene rings is 2. The first kappa shape index (κ1) is 17.9. The van der Waals surface area contributed by atoms with E-state index >= 15 is 0 Å². The van der Waals surface area contributed by atoms with Crippen molar-refractivity contribution in [2.24, 2.45) is 0 Å². The molecule has 2 aromatic rings. The van der Waals surface area contributed by atoms with Gasteiger partial charge in [-0.15, -0.1) is 0 Å². The van der Waals surface area contributed by atoms with Crippen LogP contribution in [0, 0.1) is 11.6 Å². The Kier molecular flexibility index (Phi) is 5.51. The summed E-state index contributed by atoms with van der Waals surface area (Å²) in [5, 5.41) is 12.5. The summed E-state index contributed by atoms with van der Waals surface area (Å²) in [6, 6.07) is 11.5. The maximum Gasteiger partial charge on any atom is 0.322 e. The smallest absolute Gasteiger partial charge is 0.322 e. The first-order chi connectivity index (χ1) is 11.2. The Morgan fingerprint density at radius 1 is 1.12 bits per heavy atom. The molecule has 0 atom stereocenters. The molecule has 0 aromatic heterocycles. The molecule has 0 radical (unpaired) electrons. The quantitative estimate of drug-likeness (QED) is 0.874. The molecular weight excluding hydrogens is 314 g/mol. The molecule has 6 heteroatoms. The second-order valence-electron chi connectivity index (χ2n) is 6.24. The number of carbonyl (C=O) groups excluding carboxylic acids is 1. The lowest BCUT2D eigenvalue weighted by Gasteiger charge is -2.29. The molecule has 0 aliphatic carbocycles. The Balaban J connectivity index is 2.17. The monoisotopic (exact) mass is 334 g/mol. The van der Waals surface area contributed by atoms with Crippen LogP contribution in [0.25, 0.3) is 0 Å². The highest BCUT2D eigenvalue weighted by molar-refractivity contribution is 5.89. The van der Waals surface area contributed by atoms with E-state index < -0.39 is 23.3 Å². The molecule has 0 unspecified atom stereocenters. The van der Waals surface area contributed by atoms with E-state index in [2.05, 4.69) is 5.32 Å². The van der Waals surface area contributed by atoms with Crippen molar-refractivity contribution in [3.8, 4) is 0 Å². The van der Waals surface area contributed by atoms with E-state index in [-0.39, 0.29) is 18.8 Å². The van der Waals surface area contributed by atoms with Crippen LogP contribution < -0.4 is 5.32 Å². The summed E-state index contributed by atoms with van der Waals surface area (Å²) in [6.45, 7) is 3.49. The predicted molar refractivity (Wildman–Crippen MR) is 88.5 cm³/mol. The van der Waals surface area contributed by atoms with Crippen LogP contribution in [0.15, 0.2) is 48.5 Å². The van der Waals surface area contributed by atoms with Crippen molar-refractivity contribution in [3.63, 3.8) is 0 Å². The van der Waals surface area contributed by atoms with Crippen molar-refractivity contribution in [1.29, 1.82) is 0 Å². The molecule has 0 spiro atoms. The zero-order chi connectivity index (χ0) is 17.7. The largest absolute Gasteiger partial charge is 0.389 e. The normalized spacial score (nSPS) is 11.2. The van der Waals surface area contributed by atoms with E-state index in [4.69, 9.17) is 0 Å². The van der Waals surface area contributed by atoms with Crippen LogP contribution >= 0.6 is 0 Å². The van der Waals surface area contributed by atoms with Gasteiger partial charge in [-0.1, -0.05) is 30.3 Å². The molecule has 2 N–H and O–H groups in total. The highest BCUT2D eigenvalue weighted by Crippen LogP contribution is 2.16. The van der Waals surface area contributed by atoms with Gasteiger partial charge in [0.1, 0.15) is 11.6 Å². The number of urea groups is 1. The first-order valence-electron chi connectivity index (χ1n) is 7.51. The molecule has 0 saturated carbocycles. The Bertz CT molecular complexity index is 680. The Hall–Kier alpha value is -2.47. The van der Waals surface area contributed by atoms with E-state index in [1.54, 1.807) is 13.8 Å². The number of amides is 2. The average Bonchev–Trinajstić information content (AvgIpc) is 2.45. The van der Waals surface area contributed by atoms with Crippen molar-refractivity contribution < 1.29 is 18.7 Å². The molecular formula is C18H20F2N2O2. The lowest BCUT2D eigenvalue weighted by Crippen LogP contribution is -2.43. The molecule has 0 fully saturated rings. The number of halogens is 2. The molecule has 2 aromatic carbocycles. The summed E-state index contributed by atoms with van der Waals surface area (Å²) in [7, 11) is 0. The summed E-state index contributed by atoms with van der Waals surface area (Å²) in [5.74, 6) is -1.55. The van der Waals surface area contributed by atoms with E-state index in [1.165, 1.54) is 4.90 Å². The number of hydrogen-bond acceptors (Lipinski definition) is 2. The fraction of sp³-hybridized carbons (Fsp3) is 0.278. The highest BCUT2D eigenvalue weighted by atomic mass is 19.1. The number of nitrogens with one attached hydrogen (secondary N) is 1. The Morgan fingerprint density at radius 2 is 1.71 bits per heavy atom. The molecule has 128 valence electrons. The SMILES string of the molecule is CC(C)(O)CN(Cc1ccccc1)C(=O)Nc1cc(F)cc(F)c1. The van der Waals surface area contributed by atoms with E-state index in [0.717, 1.165) is 23.8 Å². The van der Waals surface area contributed by atoms with Gasteiger partial charge in [-0.2, -0.15) is 0 Å². The molecule has 4 nitrogen and oxygen atoms in total. The van der Waals surface area contributed by atoms with Gasteiger partial charge in [0, 0.05) is 18.3 Å². The Morgan fingerprint density at radius 3 is 2.25 bits per heavy atom. The fourth-order valence-electron chi connectivity index (χ4n) is 2.30. The number of rotatable bonds is 5. The number of anilines is 1. The lowest BCUT2D eigenvalue weighted by molar-refractivity contribution is 0.0469. The zero-order valence-electron chi connectivity index (χ0n) is 13.6. The summed E-state index contributed by atoms with van der Waals surface area (Å²) in [4.78, 5) is 13.9. The maximum atomic E-state index is 13.3. The molecule has 2 rings (SSSR count). The summed E-state index contributed by atoms with van der Waals surface area (Å²) in [5.41, 5.74) is -0.215. The molecule has 0 heterocycles. The minimum absolute atomic E-state index is 0.0197. The van der Waals surface area contributed by atoms with Gasteiger partial charge >= 0.3 is 6.03 Å². The molecule has 0 aliphatic heterocycles. The number of aliphatic hydroxyl groups is 1. The second kappa shape index (κ2) is 7.40. The fourth-order valence-corrected chi connectivity index (χ4v) is 2.30. The van der Waals surface area contributed by atoms with Crippen LogP contribution in [0.3, 0.4) is 0 Å². The standard InChI is InChI=1S/C18H20F2N2O2/c1-18(2,24)12-22(11-13-6-4-3-5-7-13)17(23)21-16-9-14(19)8-15(20)10-16/h3-10,24H,11-12H2,1-2H3,(H,21,23). The van der Waals surface area contributed by atoms with Gasteiger partial charge in [0.05, 0.1) is 12.1 Å². The number of carbonyl (C=O) groups is 1. The molecule has 0 aliphatic rings. The van der Waals surface area contributed by atoms with Crippen molar-refractivity contribution in [1.82, 2.24) is 4.90 Å². The van der Waals surface area contributed by atoms with Gasteiger partial charge in [-0.25, -0.2) is 13.6 Å². The maximum absolute atomic E-state index is 13.3. The van der Waals surface area contributed by atoms with Crippen molar-refractivity contribution in [2.75, 3.05) is 11.9 Å². The highest BCUT2D eigenvalue weighted by Gasteiger charge is 2.23. The third kappa shape index (κ3) is 5.62. The van der Waals surface area contributed by atoms with Gasteiger partial charge in [-0.3, -0.25) is 0 Å². The second-order valence-corrected chi connectivity index (χ2v) is 6.24. The first-order valence-corrected chi connectivity index (χ1v) is 7.51. The molecule has 24 heavy (non-hydrogen) atoms. The number of nitrogens with zero attached hydrogens (tertiary/aromatic N) is 1. The van der Waals surface area contributed by atoms with Gasteiger partial charge < -0.3 is 15.3 Å². The molecule has 2 amide bonds. The van der Waals surface area contributed by atoms with Crippen LogP contribution in [0.5, 0.6) is 0 Å². The van der Waals surface area contributed by atoms with E-state index in [0.29, 0.717) is 0 Å². The predicted octanol–water partition coefficient (Wildman–Crippen LogP) is 3.77. The number of hydrogen-bond donors (Lipinski definition) is 2. The van der Waals surface area contributed by atoms with Crippen LogP contribution in [-0.4, -0.2) is 28.2 Å². The van der Waals surface area contributed by atoms with Crippen LogP contribution in [0.1, 0.15) is 19.4 Å². The van der Waals surface area contributed by atoms with Crippen molar-refractivity contribution in [2.45, 2.75) is 26.0 Å². The van der Waals surface area contributed by atoms with Crippen LogP contribution in [0.2, 0.25) is 0 Å². The van der Waals surface area contributed by atoms with Gasteiger partial charge in [0.2, 0.25) is 0 Å². The minimum atomic E-state index is -1.11. The summed E-state index contributed by atoms with van der Waals surface area (Å²) in [6.07, 6.45) is 0. The van der Waals surface area contributed by atoms with Crippen LogP contribution in [0.4, 0.5) is 19.3 Å².